The maximum atomic E-state index is 12.3. The number of esters is 1. The number of alkyl halides is 3. The lowest BCUT2D eigenvalue weighted by molar-refractivity contribution is -0.274. The second-order valence-electron chi connectivity index (χ2n) is 3.72. The summed E-state index contributed by atoms with van der Waals surface area (Å²) in [6.07, 6.45) is -5.36. The minimum absolute atomic E-state index is 0.0354. The van der Waals surface area contributed by atoms with Crippen LogP contribution in [0.5, 0.6) is 5.75 Å². The first-order valence-electron chi connectivity index (χ1n) is 5.66. The number of halogens is 3. The first kappa shape index (κ1) is 16.0. The van der Waals surface area contributed by atoms with Crippen molar-refractivity contribution >= 4 is 11.8 Å². The number of rotatable bonds is 5. The first-order valence-corrected chi connectivity index (χ1v) is 5.66. The Morgan fingerprint density at radius 1 is 1.45 bits per heavy atom. The predicted octanol–water partition coefficient (Wildman–Crippen LogP) is 1.13. The monoisotopic (exact) mass is 293 g/mol. The van der Waals surface area contributed by atoms with E-state index in [0.29, 0.717) is 0 Å². The number of pyridine rings is 1. The highest BCUT2D eigenvalue weighted by molar-refractivity contribution is 5.74. The van der Waals surface area contributed by atoms with Crippen molar-refractivity contribution in [1.82, 2.24) is 4.98 Å². The summed E-state index contributed by atoms with van der Waals surface area (Å²) < 4.78 is 45.5. The van der Waals surface area contributed by atoms with Crippen LogP contribution in [0.25, 0.3) is 0 Å². The van der Waals surface area contributed by atoms with Gasteiger partial charge < -0.3 is 20.9 Å². The molecule has 20 heavy (non-hydrogen) atoms. The Hall–Kier alpha value is -2.03. The van der Waals surface area contributed by atoms with Crippen LogP contribution in [0.3, 0.4) is 0 Å². The molecule has 0 aliphatic carbocycles. The molecular formula is C11H14F3N3O3. The lowest BCUT2D eigenvalue weighted by atomic mass is 10.1. The van der Waals surface area contributed by atoms with Crippen LogP contribution in [0, 0.1) is 0 Å². The highest BCUT2D eigenvalue weighted by Crippen LogP contribution is 2.32. The molecule has 0 saturated heterocycles. The molecule has 0 aliphatic heterocycles. The standard InChI is InChI=1S/C11H14F3N3O3/c1-2-19-8(18)4-6-3-7(5-15)17-10(16)9(6)20-11(12,13)14/h3H,2,4-5,15H2,1H3,(H2,16,17). The topological polar surface area (TPSA) is 100 Å². The molecule has 0 saturated carbocycles. The Labute approximate surface area is 112 Å². The zero-order valence-corrected chi connectivity index (χ0v) is 10.7. The van der Waals surface area contributed by atoms with Crippen LogP contribution >= 0.6 is 0 Å². The minimum Gasteiger partial charge on any atom is -0.466 e. The van der Waals surface area contributed by atoms with E-state index in [1.54, 1.807) is 6.92 Å². The molecule has 1 aromatic rings. The van der Waals surface area contributed by atoms with Gasteiger partial charge in [-0.05, 0) is 13.0 Å². The van der Waals surface area contributed by atoms with Gasteiger partial charge in [0.2, 0.25) is 0 Å². The molecule has 0 atom stereocenters. The zero-order valence-electron chi connectivity index (χ0n) is 10.7. The number of ether oxygens (including phenoxy) is 2. The van der Waals surface area contributed by atoms with Gasteiger partial charge in [0.1, 0.15) is 0 Å². The molecule has 0 bridgehead atoms. The van der Waals surface area contributed by atoms with Gasteiger partial charge >= 0.3 is 12.3 Å². The molecule has 1 aromatic heterocycles. The van der Waals surface area contributed by atoms with E-state index in [0.717, 1.165) is 0 Å². The van der Waals surface area contributed by atoms with Gasteiger partial charge in [0.15, 0.2) is 11.6 Å². The van der Waals surface area contributed by atoms with E-state index < -0.39 is 30.3 Å². The summed E-state index contributed by atoms with van der Waals surface area (Å²) in [4.78, 5) is 15.1. The van der Waals surface area contributed by atoms with Crippen molar-refractivity contribution in [3.8, 4) is 5.75 Å². The quantitative estimate of drug-likeness (QED) is 0.789. The minimum atomic E-state index is -4.94. The van der Waals surface area contributed by atoms with E-state index in [1.807, 2.05) is 0 Å². The first-order chi connectivity index (χ1) is 9.26. The summed E-state index contributed by atoms with van der Waals surface area (Å²) >= 11 is 0. The highest BCUT2D eigenvalue weighted by Gasteiger charge is 2.34. The third-order valence-corrected chi connectivity index (χ3v) is 2.20. The van der Waals surface area contributed by atoms with Crippen molar-refractivity contribution < 1.29 is 27.4 Å². The van der Waals surface area contributed by atoms with Gasteiger partial charge in [-0.2, -0.15) is 0 Å². The molecule has 4 N–H and O–H groups in total. The normalized spacial score (nSPS) is 11.2. The maximum Gasteiger partial charge on any atom is 0.573 e. The molecule has 0 aliphatic rings. The van der Waals surface area contributed by atoms with Gasteiger partial charge in [-0.3, -0.25) is 4.79 Å². The molecule has 0 unspecified atom stereocenters. The van der Waals surface area contributed by atoms with E-state index in [2.05, 4.69) is 14.5 Å². The summed E-state index contributed by atoms with van der Waals surface area (Å²) in [5, 5.41) is 0. The van der Waals surface area contributed by atoms with Gasteiger partial charge in [0.25, 0.3) is 0 Å². The third kappa shape index (κ3) is 4.57. The molecule has 0 radical (unpaired) electrons. The summed E-state index contributed by atoms with van der Waals surface area (Å²) in [7, 11) is 0. The van der Waals surface area contributed by atoms with E-state index >= 15 is 0 Å². The summed E-state index contributed by atoms with van der Waals surface area (Å²) in [5.41, 5.74) is 10.9. The third-order valence-electron chi connectivity index (χ3n) is 2.20. The smallest absolute Gasteiger partial charge is 0.466 e. The Balaban J connectivity index is 3.15. The second-order valence-corrected chi connectivity index (χ2v) is 3.72. The van der Waals surface area contributed by atoms with E-state index in [4.69, 9.17) is 11.5 Å². The van der Waals surface area contributed by atoms with E-state index in [1.165, 1.54) is 6.07 Å². The molecule has 1 rings (SSSR count). The molecule has 1 heterocycles. The van der Waals surface area contributed by atoms with Gasteiger partial charge in [0, 0.05) is 12.1 Å². The van der Waals surface area contributed by atoms with Crippen LogP contribution in [0.2, 0.25) is 0 Å². The van der Waals surface area contributed by atoms with Crippen LogP contribution in [-0.2, 0) is 22.5 Å². The van der Waals surface area contributed by atoms with Crippen LogP contribution < -0.4 is 16.2 Å². The number of hydrogen-bond donors (Lipinski definition) is 2. The number of nitrogen functional groups attached to an aromatic ring is 1. The van der Waals surface area contributed by atoms with Crippen molar-refractivity contribution in [3.63, 3.8) is 0 Å². The number of aromatic nitrogens is 1. The lowest BCUT2D eigenvalue weighted by Crippen LogP contribution is -2.21. The van der Waals surface area contributed by atoms with Crippen LogP contribution in [-0.4, -0.2) is 23.9 Å². The van der Waals surface area contributed by atoms with E-state index in [-0.39, 0.29) is 24.4 Å². The molecule has 6 nitrogen and oxygen atoms in total. The second kappa shape index (κ2) is 6.42. The van der Waals surface area contributed by atoms with Gasteiger partial charge in [-0.1, -0.05) is 0 Å². The number of anilines is 1. The Morgan fingerprint density at radius 3 is 2.60 bits per heavy atom. The molecule has 0 spiro atoms. The fraction of sp³-hybridized carbons (Fsp3) is 0.455. The fourth-order valence-electron chi connectivity index (χ4n) is 1.51. The molecule has 0 amide bonds. The Kier molecular flexibility index (Phi) is 5.14. The van der Waals surface area contributed by atoms with Crippen LogP contribution in [0.1, 0.15) is 18.2 Å². The van der Waals surface area contributed by atoms with Gasteiger partial charge in [-0.15, -0.1) is 13.2 Å². The summed E-state index contributed by atoms with van der Waals surface area (Å²) in [5.74, 6) is -1.89. The number of nitrogens with two attached hydrogens (primary N) is 2. The van der Waals surface area contributed by atoms with Crippen molar-refractivity contribution in [3.05, 3.63) is 17.3 Å². The van der Waals surface area contributed by atoms with Gasteiger partial charge in [0.05, 0.1) is 18.7 Å². The zero-order chi connectivity index (χ0) is 15.3. The average molecular weight is 293 g/mol. The summed E-state index contributed by atoms with van der Waals surface area (Å²) in [6.45, 7) is 1.65. The van der Waals surface area contributed by atoms with Crippen molar-refractivity contribution in [1.29, 1.82) is 0 Å². The average Bonchev–Trinajstić information content (AvgIpc) is 2.32. The van der Waals surface area contributed by atoms with E-state index in [9.17, 15) is 18.0 Å². The molecule has 0 aromatic carbocycles. The fourth-order valence-corrected chi connectivity index (χ4v) is 1.51. The highest BCUT2D eigenvalue weighted by atomic mass is 19.4. The number of carbonyl (C=O) groups excluding carboxylic acids is 1. The van der Waals surface area contributed by atoms with Crippen molar-refractivity contribution in [2.24, 2.45) is 5.73 Å². The predicted molar refractivity (Wildman–Crippen MR) is 63.6 cm³/mol. The molecule has 9 heteroatoms. The van der Waals surface area contributed by atoms with Crippen LogP contribution in [0.4, 0.5) is 19.0 Å². The number of nitrogens with zero attached hydrogens (tertiary/aromatic N) is 1. The van der Waals surface area contributed by atoms with Crippen LogP contribution in [0.15, 0.2) is 6.07 Å². The molecular weight excluding hydrogens is 279 g/mol. The number of carbonyl (C=O) groups is 1. The Morgan fingerprint density at radius 2 is 2.10 bits per heavy atom. The maximum absolute atomic E-state index is 12.3. The number of hydrogen-bond acceptors (Lipinski definition) is 6. The summed E-state index contributed by atoms with van der Waals surface area (Å²) in [6, 6.07) is 1.23. The molecule has 0 fully saturated rings. The van der Waals surface area contributed by atoms with Crippen molar-refractivity contribution in [2.75, 3.05) is 12.3 Å². The largest absolute Gasteiger partial charge is 0.573 e. The molecule has 112 valence electrons. The Bertz CT molecular complexity index is 492. The van der Waals surface area contributed by atoms with Crippen molar-refractivity contribution in [2.45, 2.75) is 26.3 Å². The lowest BCUT2D eigenvalue weighted by Gasteiger charge is -2.15. The van der Waals surface area contributed by atoms with Gasteiger partial charge in [-0.25, -0.2) is 4.98 Å². The SMILES string of the molecule is CCOC(=O)Cc1cc(CN)nc(N)c1OC(F)(F)F.